The van der Waals surface area contributed by atoms with Crippen molar-refractivity contribution in [3.05, 3.63) is 18.2 Å². The van der Waals surface area contributed by atoms with Gasteiger partial charge in [-0.2, -0.15) is 0 Å². The zero-order valence-corrected chi connectivity index (χ0v) is 13.1. The first kappa shape index (κ1) is 15.0. The highest BCUT2D eigenvalue weighted by Crippen LogP contribution is 2.48. The lowest BCUT2D eigenvalue weighted by Crippen LogP contribution is -2.54. The van der Waals surface area contributed by atoms with Crippen LogP contribution in [0.1, 0.15) is 31.6 Å². The maximum absolute atomic E-state index is 12.8. The van der Waals surface area contributed by atoms with E-state index in [0.717, 1.165) is 18.9 Å². The minimum Gasteiger partial charge on any atom is -0.358 e. The first-order valence-electron chi connectivity index (χ1n) is 7.87. The summed E-state index contributed by atoms with van der Waals surface area (Å²) in [6.45, 7) is 5.08. The van der Waals surface area contributed by atoms with Gasteiger partial charge in [0.25, 0.3) is 0 Å². The molecule has 1 atom stereocenters. The van der Waals surface area contributed by atoms with Crippen LogP contribution in [0.3, 0.4) is 0 Å². The SMILES string of the molecule is CCN1CCN(C(=O)C2(C(=O)NC)CC2)C[C@@H]1c1ncc[nH]1. The number of amides is 2. The normalized spacial score (nSPS) is 24.1. The Labute approximate surface area is 130 Å². The molecule has 22 heavy (non-hydrogen) atoms. The maximum Gasteiger partial charge on any atom is 0.238 e. The van der Waals surface area contributed by atoms with E-state index in [1.807, 2.05) is 4.90 Å². The fourth-order valence-corrected chi connectivity index (χ4v) is 3.31. The molecule has 1 saturated heterocycles. The Morgan fingerprint density at radius 2 is 2.23 bits per heavy atom. The van der Waals surface area contributed by atoms with Gasteiger partial charge in [0.15, 0.2) is 0 Å². The lowest BCUT2D eigenvalue weighted by atomic mass is 10.0. The van der Waals surface area contributed by atoms with E-state index in [1.54, 1.807) is 19.4 Å². The zero-order valence-electron chi connectivity index (χ0n) is 13.1. The van der Waals surface area contributed by atoms with E-state index < -0.39 is 5.41 Å². The summed E-state index contributed by atoms with van der Waals surface area (Å²) in [4.78, 5) is 36.5. The van der Waals surface area contributed by atoms with Crippen molar-refractivity contribution in [3.8, 4) is 0 Å². The predicted molar refractivity (Wildman–Crippen MR) is 80.9 cm³/mol. The van der Waals surface area contributed by atoms with Crippen molar-refractivity contribution in [1.82, 2.24) is 25.1 Å². The molecule has 120 valence electrons. The molecule has 2 heterocycles. The Hall–Kier alpha value is -1.89. The highest BCUT2D eigenvalue weighted by atomic mass is 16.2. The summed E-state index contributed by atoms with van der Waals surface area (Å²) in [6, 6.07) is 0.0678. The minimum atomic E-state index is -0.809. The van der Waals surface area contributed by atoms with Gasteiger partial charge in [-0.1, -0.05) is 6.92 Å². The molecule has 0 aromatic carbocycles. The second-order valence-corrected chi connectivity index (χ2v) is 6.03. The van der Waals surface area contributed by atoms with Crippen LogP contribution in [0.5, 0.6) is 0 Å². The van der Waals surface area contributed by atoms with Crippen LogP contribution < -0.4 is 5.32 Å². The molecule has 7 nitrogen and oxygen atoms in total. The van der Waals surface area contributed by atoms with E-state index in [9.17, 15) is 9.59 Å². The fourth-order valence-electron chi connectivity index (χ4n) is 3.31. The van der Waals surface area contributed by atoms with Gasteiger partial charge in [0, 0.05) is 39.1 Å². The van der Waals surface area contributed by atoms with Crippen LogP contribution in [0.2, 0.25) is 0 Å². The molecule has 0 bridgehead atoms. The summed E-state index contributed by atoms with van der Waals surface area (Å²) >= 11 is 0. The van der Waals surface area contributed by atoms with Crippen molar-refractivity contribution >= 4 is 11.8 Å². The number of piperazine rings is 1. The van der Waals surface area contributed by atoms with Crippen molar-refractivity contribution in [2.24, 2.45) is 5.41 Å². The standard InChI is InChI=1S/C15H23N5O2/c1-3-19-8-9-20(10-11(19)12-17-6-7-18-12)14(22)15(4-5-15)13(21)16-2/h6-7,11H,3-5,8-10H2,1-2H3,(H,16,21)(H,17,18)/t11-/m1/s1. The van der Waals surface area contributed by atoms with E-state index in [-0.39, 0.29) is 17.9 Å². The highest BCUT2D eigenvalue weighted by Gasteiger charge is 2.58. The number of carbonyl (C=O) groups is 2. The summed E-state index contributed by atoms with van der Waals surface area (Å²) in [5.41, 5.74) is -0.809. The average Bonchev–Trinajstić information content (AvgIpc) is 3.19. The quantitative estimate of drug-likeness (QED) is 0.776. The van der Waals surface area contributed by atoms with Crippen molar-refractivity contribution in [2.45, 2.75) is 25.8 Å². The van der Waals surface area contributed by atoms with E-state index in [0.29, 0.717) is 25.9 Å². The Balaban J connectivity index is 1.76. The van der Waals surface area contributed by atoms with Crippen molar-refractivity contribution < 1.29 is 9.59 Å². The molecule has 1 saturated carbocycles. The molecule has 0 unspecified atom stereocenters. The third-order valence-corrected chi connectivity index (χ3v) is 4.84. The molecule has 1 aliphatic carbocycles. The molecule has 7 heteroatoms. The van der Waals surface area contributed by atoms with E-state index in [4.69, 9.17) is 0 Å². The smallest absolute Gasteiger partial charge is 0.238 e. The van der Waals surface area contributed by atoms with Crippen molar-refractivity contribution in [1.29, 1.82) is 0 Å². The summed E-state index contributed by atoms with van der Waals surface area (Å²) in [5.74, 6) is 0.702. The van der Waals surface area contributed by atoms with Crippen LogP contribution in [-0.4, -0.2) is 64.8 Å². The minimum absolute atomic E-state index is 0.0286. The summed E-state index contributed by atoms with van der Waals surface area (Å²) in [7, 11) is 1.59. The Bertz CT molecular complexity index is 552. The Morgan fingerprint density at radius 3 is 2.77 bits per heavy atom. The largest absolute Gasteiger partial charge is 0.358 e. The fraction of sp³-hybridized carbons (Fsp3) is 0.667. The highest BCUT2D eigenvalue weighted by molar-refractivity contribution is 6.07. The molecular weight excluding hydrogens is 282 g/mol. The van der Waals surface area contributed by atoms with Gasteiger partial charge in [-0.05, 0) is 19.4 Å². The van der Waals surface area contributed by atoms with Gasteiger partial charge in [-0.3, -0.25) is 14.5 Å². The summed E-state index contributed by atoms with van der Waals surface area (Å²) < 4.78 is 0. The van der Waals surface area contributed by atoms with Gasteiger partial charge in [0.1, 0.15) is 11.2 Å². The average molecular weight is 305 g/mol. The number of H-pyrrole nitrogens is 1. The lowest BCUT2D eigenvalue weighted by Gasteiger charge is -2.41. The van der Waals surface area contributed by atoms with Gasteiger partial charge in [0.2, 0.25) is 11.8 Å². The molecule has 0 radical (unpaired) electrons. The summed E-state index contributed by atoms with van der Waals surface area (Å²) in [5, 5.41) is 2.63. The molecule has 0 spiro atoms. The van der Waals surface area contributed by atoms with Gasteiger partial charge < -0.3 is 15.2 Å². The molecule has 3 rings (SSSR count). The number of carbonyl (C=O) groups excluding carboxylic acids is 2. The maximum atomic E-state index is 12.8. The monoisotopic (exact) mass is 305 g/mol. The Kier molecular flexibility index (Phi) is 3.90. The number of aromatic nitrogens is 2. The van der Waals surface area contributed by atoms with Crippen LogP contribution >= 0.6 is 0 Å². The topological polar surface area (TPSA) is 81.3 Å². The first-order chi connectivity index (χ1) is 10.6. The van der Waals surface area contributed by atoms with Gasteiger partial charge in [0.05, 0.1) is 6.04 Å². The van der Waals surface area contributed by atoms with Crippen LogP contribution in [0, 0.1) is 5.41 Å². The third-order valence-electron chi connectivity index (χ3n) is 4.84. The number of aromatic amines is 1. The molecule has 2 aliphatic rings. The van der Waals surface area contributed by atoms with Crippen LogP contribution in [-0.2, 0) is 9.59 Å². The second-order valence-electron chi connectivity index (χ2n) is 6.03. The number of hydrogen-bond donors (Lipinski definition) is 2. The first-order valence-corrected chi connectivity index (χ1v) is 7.87. The molecule has 2 fully saturated rings. The van der Waals surface area contributed by atoms with Crippen molar-refractivity contribution in [3.63, 3.8) is 0 Å². The lowest BCUT2D eigenvalue weighted by molar-refractivity contribution is -0.146. The van der Waals surface area contributed by atoms with Gasteiger partial charge >= 0.3 is 0 Å². The van der Waals surface area contributed by atoms with Crippen LogP contribution in [0.15, 0.2) is 12.4 Å². The molecule has 1 aromatic rings. The molecule has 2 amide bonds. The van der Waals surface area contributed by atoms with Crippen molar-refractivity contribution in [2.75, 3.05) is 33.2 Å². The number of nitrogens with one attached hydrogen (secondary N) is 2. The second kappa shape index (κ2) is 5.72. The zero-order chi connectivity index (χ0) is 15.7. The number of rotatable bonds is 4. The Morgan fingerprint density at radius 1 is 1.45 bits per heavy atom. The van der Waals surface area contributed by atoms with Crippen LogP contribution in [0.4, 0.5) is 0 Å². The number of hydrogen-bond acceptors (Lipinski definition) is 4. The van der Waals surface area contributed by atoms with Crippen LogP contribution in [0.25, 0.3) is 0 Å². The van der Waals surface area contributed by atoms with E-state index >= 15 is 0 Å². The molecular formula is C15H23N5O2. The number of imidazole rings is 1. The third kappa shape index (κ3) is 2.39. The van der Waals surface area contributed by atoms with Gasteiger partial charge in [-0.25, -0.2) is 4.98 Å². The van der Waals surface area contributed by atoms with Gasteiger partial charge in [-0.15, -0.1) is 0 Å². The molecule has 2 N–H and O–H groups in total. The predicted octanol–water partition coefficient (Wildman–Crippen LogP) is 0.141. The summed E-state index contributed by atoms with van der Waals surface area (Å²) in [6.07, 6.45) is 4.85. The van der Waals surface area contributed by atoms with E-state index in [2.05, 4.69) is 27.1 Å². The number of likely N-dealkylation sites (N-methyl/N-ethyl adjacent to an activating group) is 1. The van der Waals surface area contributed by atoms with E-state index in [1.165, 1.54) is 0 Å². The molecule has 1 aromatic heterocycles. The number of nitrogens with zero attached hydrogens (tertiary/aromatic N) is 3. The molecule has 1 aliphatic heterocycles.